The van der Waals surface area contributed by atoms with Crippen LogP contribution in [0.3, 0.4) is 0 Å². The number of hydrogen-bond acceptors (Lipinski definition) is 7. The molecule has 5 heterocycles. The topological polar surface area (TPSA) is 125 Å². The average molecular weight is 552 g/mol. The molecule has 2 fully saturated rings. The number of halogens is 3. The van der Waals surface area contributed by atoms with E-state index in [0.717, 1.165) is 49.1 Å². The summed E-state index contributed by atoms with van der Waals surface area (Å²) in [6, 6.07) is 8.28. The molecule has 2 amide bonds. The molecule has 4 aliphatic rings. The Bertz CT molecular complexity index is 1500. The lowest BCUT2D eigenvalue weighted by molar-refractivity contribution is -0.750. The first kappa shape index (κ1) is 26.0. The van der Waals surface area contributed by atoms with Crippen LogP contribution < -0.4 is 16.5 Å². The molecule has 0 spiro atoms. The minimum absolute atomic E-state index is 0.00480. The molecule has 0 radical (unpaired) electrons. The number of allylic oxidation sites excluding steroid dienone is 1. The molecule has 4 aliphatic heterocycles. The number of amidine groups is 1. The molecule has 1 unspecified atom stereocenters. The predicted octanol–water partition coefficient (Wildman–Crippen LogP) is 2.78. The number of aliphatic imine (C=N–C) groups is 2. The van der Waals surface area contributed by atoms with Gasteiger partial charge in [0.05, 0.1) is 30.1 Å². The van der Waals surface area contributed by atoms with Gasteiger partial charge in [-0.3, -0.25) is 14.6 Å². The maximum absolute atomic E-state index is 13.0. The summed E-state index contributed by atoms with van der Waals surface area (Å²) in [6.07, 6.45) is 3.17. The number of piperidine rings is 1. The van der Waals surface area contributed by atoms with Crippen LogP contribution >= 0.6 is 0 Å². The molecule has 2 aromatic rings. The number of pyridine rings is 1. The lowest BCUT2D eigenvalue weighted by Gasteiger charge is -2.42. The monoisotopic (exact) mass is 551 g/mol. The van der Waals surface area contributed by atoms with Crippen molar-refractivity contribution < 1.29 is 27.4 Å². The van der Waals surface area contributed by atoms with Crippen LogP contribution in [0.1, 0.15) is 34.3 Å². The van der Waals surface area contributed by atoms with E-state index in [1.807, 2.05) is 4.90 Å². The number of anilines is 1. The highest BCUT2D eigenvalue weighted by atomic mass is 19.4. The number of rotatable bonds is 4. The molecular formula is C27H26F3N8O2+. The van der Waals surface area contributed by atoms with Gasteiger partial charge in [-0.15, -0.1) is 4.59 Å². The Morgan fingerprint density at radius 1 is 1.18 bits per heavy atom. The Labute approximate surface area is 227 Å². The molecule has 3 atom stereocenters. The highest BCUT2D eigenvalue weighted by Crippen LogP contribution is 2.38. The number of nitrogens with one attached hydrogen (secondary N) is 2. The zero-order valence-corrected chi connectivity index (χ0v) is 21.2. The summed E-state index contributed by atoms with van der Waals surface area (Å²) in [4.78, 5) is 40.3. The zero-order valence-electron chi connectivity index (χ0n) is 21.2. The second-order valence-corrected chi connectivity index (χ2v) is 10.1. The lowest BCUT2D eigenvalue weighted by Crippen LogP contribution is -2.58. The average Bonchev–Trinajstić information content (AvgIpc) is 3.26. The largest absolute Gasteiger partial charge is 0.416 e. The molecule has 0 saturated carbocycles. The minimum atomic E-state index is -4.55. The van der Waals surface area contributed by atoms with E-state index >= 15 is 0 Å². The van der Waals surface area contributed by atoms with E-state index in [-0.39, 0.29) is 33.8 Å². The molecule has 206 valence electrons. The summed E-state index contributed by atoms with van der Waals surface area (Å²) >= 11 is 0. The maximum atomic E-state index is 13.0. The smallest absolute Gasteiger partial charge is 0.337 e. The Kier molecular flexibility index (Phi) is 6.36. The van der Waals surface area contributed by atoms with Crippen LogP contribution in [-0.4, -0.2) is 64.0 Å². The van der Waals surface area contributed by atoms with E-state index in [9.17, 15) is 22.8 Å². The van der Waals surface area contributed by atoms with Crippen molar-refractivity contribution in [3.63, 3.8) is 0 Å². The second-order valence-electron chi connectivity index (χ2n) is 10.1. The van der Waals surface area contributed by atoms with Crippen molar-refractivity contribution >= 4 is 29.7 Å². The zero-order chi connectivity index (χ0) is 28.1. The molecule has 0 aliphatic carbocycles. The first-order chi connectivity index (χ1) is 19.1. The highest BCUT2D eigenvalue weighted by Gasteiger charge is 2.47. The van der Waals surface area contributed by atoms with Crippen LogP contribution in [0.25, 0.3) is 0 Å². The van der Waals surface area contributed by atoms with E-state index < -0.39 is 17.6 Å². The molecule has 40 heavy (non-hydrogen) atoms. The van der Waals surface area contributed by atoms with Crippen LogP contribution in [0, 0.1) is 5.92 Å². The molecule has 2 saturated heterocycles. The Hall–Kier alpha value is -4.20. The maximum Gasteiger partial charge on any atom is 0.416 e. The van der Waals surface area contributed by atoms with Crippen molar-refractivity contribution in [2.24, 2.45) is 21.7 Å². The Balaban J connectivity index is 1.24. The van der Waals surface area contributed by atoms with E-state index in [1.54, 1.807) is 42.9 Å². The van der Waals surface area contributed by atoms with Crippen molar-refractivity contribution in [1.82, 2.24) is 15.2 Å². The number of piperazine rings is 1. The van der Waals surface area contributed by atoms with Gasteiger partial charge >= 0.3 is 6.18 Å². The fourth-order valence-electron chi connectivity index (χ4n) is 5.56. The summed E-state index contributed by atoms with van der Waals surface area (Å²) in [5, 5.41) is 5.58. The third kappa shape index (κ3) is 4.61. The van der Waals surface area contributed by atoms with Gasteiger partial charge in [-0.1, -0.05) is 0 Å². The summed E-state index contributed by atoms with van der Waals surface area (Å²) in [6.45, 7) is 1.67. The molecule has 1 aromatic heterocycles. The van der Waals surface area contributed by atoms with Crippen LogP contribution in [0.4, 0.5) is 19.0 Å². The van der Waals surface area contributed by atoms with Gasteiger partial charge in [0.15, 0.2) is 0 Å². The Morgan fingerprint density at radius 2 is 1.98 bits per heavy atom. The van der Waals surface area contributed by atoms with Crippen LogP contribution in [0.5, 0.6) is 0 Å². The van der Waals surface area contributed by atoms with Gasteiger partial charge in [-0.05, 0) is 49.2 Å². The molecule has 10 nitrogen and oxygen atoms in total. The van der Waals surface area contributed by atoms with Gasteiger partial charge in [0.1, 0.15) is 17.7 Å². The van der Waals surface area contributed by atoms with Crippen LogP contribution in [0.15, 0.2) is 76.4 Å². The number of hydrogen-bond donors (Lipinski definition) is 3. The van der Waals surface area contributed by atoms with Gasteiger partial charge < -0.3 is 15.5 Å². The van der Waals surface area contributed by atoms with Crippen molar-refractivity contribution in [3.8, 4) is 0 Å². The molecule has 13 heteroatoms. The number of nitrogens with two attached hydrogens (primary N) is 1. The van der Waals surface area contributed by atoms with Crippen molar-refractivity contribution in [2.75, 3.05) is 25.0 Å². The fourth-order valence-corrected chi connectivity index (χ4v) is 5.56. The Morgan fingerprint density at radius 3 is 2.75 bits per heavy atom. The first-order valence-electron chi connectivity index (χ1n) is 12.8. The third-order valence-corrected chi connectivity index (χ3v) is 7.63. The number of aromatic nitrogens is 1. The lowest BCUT2D eigenvalue weighted by atomic mass is 9.88. The standard InChI is InChI=1S/C27H25F3N8O2/c28-27(29,30)19-7-8-34-22(11-19)35-26(40)17-3-1-16(2-4-17)25-36-24(21-13-32-9-10-38(21,25)31)18-5-6-20-12-33-14-23(39)37(20)15-18/h1-4,7-11,13,18,20,33H,5-6,12,14-15,31H2/p+1/t18-,20+,38?/m1/s1. The molecule has 4 N–H and O–H groups in total. The van der Waals surface area contributed by atoms with Gasteiger partial charge in [0.25, 0.3) is 11.7 Å². The van der Waals surface area contributed by atoms with Crippen LogP contribution in [0.2, 0.25) is 0 Å². The van der Waals surface area contributed by atoms with Crippen molar-refractivity contribution in [1.29, 1.82) is 0 Å². The fraction of sp³-hybridized carbons (Fsp3) is 0.296. The van der Waals surface area contributed by atoms with Crippen molar-refractivity contribution in [2.45, 2.75) is 25.1 Å². The quantitative estimate of drug-likeness (QED) is 0.398. The number of quaternary nitrogens is 1. The van der Waals surface area contributed by atoms with Gasteiger partial charge in [-0.2, -0.15) is 24.0 Å². The number of carbonyl (C=O) groups excluding carboxylic acids is 2. The van der Waals surface area contributed by atoms with Gasteiger partial charge in [0, 0.05) is 36.8 Å². The summed E-state index contributed by atoms with van der Waals surface area (Å²) in [5.74, 6) is 6.64. The number of fused-ring (bicyclic) bond motifs is 2. The normalized spacial score (nSPS) is 25.9. The van der Waals surface area contributed by atoms with E-state index in [4.69, 9.17) is 10.8 Å². The number of amides is 2. The minimum Gasteiger partial charge on any atom is -0.337 e. The summed E-state index contributed by atoms with van der Waals surface area (Å²) in [5.41, 5.74) is 1.49. The van der Waals surface area contributed by atoms with Gasteiger partial charge in [0.2, 0.25) is 11.6 Å². The third-order valence-electron chi connectivity index (χ3n) is 7.63. The number of alkyl halides is 3. The predicted molar refractivity (Wildman–Crippen MR) is 140 cm³/mol. The SMILES string of the molecule is N[N+]12C=CN=CC1=C([C@@H]1CC[C@H]3CNCC(=O)N3C1)N=C2c1ccc(C(=O)Nc2cc(C(F)(F)F)ccn2)cc1. The highest BCUT2D eigenvalue weighted by molar-refractivity contribution is 6.05. The summed E-state index contributed by atoms with van der Waals surface area (Å²) < 4.78 is 38.8. The number of benzene rings is 1. The van der Waals surface area contributed by atoms with Crippen molar-refractivity contribution in [3.05, 3.63) is 83.1 Å². The van der Waals surface area contributed by atoms with E-state index in [0.29, 0.717) is 24.5 Å². The van der Waals surface area contributed by atoms with E-state index in [2.05, 4.69) is 20.6 Å². The molecule has 6 rings (SSSR count). The van der Waals surface area contributed by atoms with Crippen LogP contribution in [-0.2, 0) is 11.0 Å². The summed E-state index contributed by atoms with van der Waals surface area (Å²) in [7, 11) is 0. The molecule has 0 bridgehead atoms. The van der Waals surface area contributed by atoms with E-state index in [1.165, 1.54) is 0 Å². The molecular weight excluding hydrogens is 525 g/mol. The number of carbonyl (C=O) groups is 2. The molecule has 1 aromatic carbocycles. The second kappa shape index (κ2) is 9.77. The first-order valence-corrected chi connectivity index (χ1v) is 12.8. The number of nitrogens with zero attached hydrogens (tertiary/aromatic N) is 5. The van der Waals surface area contributed by atoms with Gasteiger partial charge in [-0.25, -0.2) is 4.98 Å².